The number of carbonyl (C=O) groups excluding carboxylic acids is 1. The predicted molar refractivity (Wildman–Crippen MR) is 85.7 cm³/mol. The van der Waals surface area contributed by atoms with Crippen LogP contribution in [0.5, 0.6) is 5.75 Å². The number of nitrogens with zero attached hydrogens (tertiary/aromatic N) is 2. The lowest BCUT2D eigenvalue weighted by molar-refractivity contribution is -0.384. The van der Waals surface area contributed by atoms with Crippen LogP contribution in [0.1, 0.15) is 12.5 Å². The zero-order valence-electron chi connectivity index (χ0n) is 12.6. The fourth-order valence-electron chi connectivity index (χ4n) is 2.82. The van der Waals surface area contributed by atoms with Gasteiger partial charge in [0.05, 0.1) is 4.92 Å². The first kappa shape index (κ1) is 15.0. The molecule has 2 aromatic rings. The third kappa shape index (κ3) is 3.01. The Morgan fingerprint density at radius 3 is 2.65 bits per heavy atom. The summed E-state index contributed by atoms with van der Waals surface area (Å²) >= 11 is 0. The minimum atomic E-state index is -0.474. The number of hydrogen-bond acceptors (Lipinski definition) is 4. The van der Waals surface area contributed by atoms with Crippen molar-refractivity contribution in [2.24, 2.45) is 0 Å². The van der Waals surface area contributed by atoms with Crippen molar-refractivity contribution in [3.05, 3.63) is 64.2 Å². The van der Waals surface area contributed by atoms with E-state index in [9.17, 15) is 14.9 Å². The van der Waals surface area contributed by atoms with Crippen molar-refractivity contribution in [1.82, 2.24) is 0 Å². The first-order chi connectivity index (χ1) is 11.1. The Bertz CT molecular complexity index is 743. The summed E-state index contributed by atoms with van der Waals surface area (Å²) < 4.78 is 5.46. The summed E-state index contributed by atoms with van der Waals surface area (Å²) in [4.78, 5) is 24.3. The summed E-state index contributed by atoms with van der Waals surface area (Å²) in [6.07, 6.45) is 0.833. The van der Waals surface area contributed by atoms with Crippen LogP contribution in [0.2, 0.25) is 0 Å². The number of benzene rings is 2. The van der Waals surface area contributed by atoms with Crippen molar-refractivity contribution in [1.29, 1.82) is 0 Å². The summed E-state index contributed by atoms with van der Waals surface area (Å²) in [7, 11) is 0. The van der Waals surface area contributed by atoms with Crippen molar-refractivity contribution in [3.63, 3.8) is 0 Å². The lowest BCUT2D eigenvalue weighted by Gasteiger charge is -2.22. The number of nitro benzene ring substituents is 1. The Balaban J connectivity index is 1.67. The van der Waals surface area contributed by atoms with E-state index >= 15 is 0 Å². The molecule has 0 bridgehead atoms. The normalized spacial score (nSPS) is 16.0. The van der Waals surface area contributed by atoms with Gasteiger partial charge in [0.25, 0.3) is 11.6 Å². The summed E-state index contributed by atoms with van der Waals surface area (Å²) in [5.74, 6) is 0.310. The molecule has 0 unspecified atom stereocenters. The van der Waals surface area contributed by atoms with Crippen molar-refractivity contribution in [2.75, 3.05) is 11.5 Å². The van der Waals surface area contributed by atoms with E-state index in [0.29, 0.717) is 5.75 Å². The number of non-ortho nitro benzene ring substituents is 1. The highest BCUT2D eigenvalue weighted by atomic mass is 16.6. The molecule has 2 aromatic carbocycles. The second-order valence-electron chi connectivity index (χ2n) is 5.49. The largest absolute Gasteiger partial charge is 0.484 e. The zero-order chi connectivity index (χ0) is 16.4. The van der Waals surface area contributed by atoms with E-state index in [0.717, 1.165) is 17.7 Å². The minimum Gasteiger partial charge on any atom is -0.484 e. The van der Waals surface area contributed by atoms with E-state index in [2.05, 4.69) is 0 Å². The van der Waals surface area contributed by atoms with Crippen LogP contribution in [0.15, 0.2) is 48.5 Å². The molecule has 1 amide bonds. The second kappa shape index (κ2) is 6.08. The molecular formula is C17H16N2O4. The number of rotatable bonds is 4. The Morgan fingerprint density at radius 1 is 1.26 bits per heavy atom. The van der Waals surface area contributed by atoms with Crippen LogP contribution < -0.4 is 9.64 Å². The highest BCUT2D eigenvalue weighted by molar-refractivity contribution is 5.97. The molecule has 118 valence electrons. The van der Waals surface area contributed by atoms with Gasteiger partial charge in [-0.3, -0.25) is 14.9 Å². The van der Waals surface area contributed by atoms with Crippen LogP contribution in [0.25, 0.3) is 0 Å². The third-order valence-electron chi connectivity index (χ3n) is 3.89. The highest BCUT2D eigenvalue weighted by Crippen LogP contribution is 2.31. The van der Waals surface area contributed by atoms with Gasteiger partial charge in [-0.15, -0.1) is 0 Å². The van der Waals surface area contributed by atoms with Crippen LogP contribution in [-0.2, 0) is 11.2 Å². The molecule has 1 heterocycles. The van der Waals surface area contributed by atoms with E-state index in [1.165, 1.54) is 24.3 Å². The van der Waals surface area contributed by atoms with Gasteiger partial charge in [0.15, 0.2) is 6.61 Å². The minimum absolute atomic E-state index is 0.00855. The van der Waals surface area contributed by atoms with Crippen molar-refractivity contribution < 1.29 is 14.5 Å². The van der Waals surface area contributed by atoms with Gasteiger partial charge in [-0.2, -0.15) is 0 Å². The number of anilines is 1. The van der Waals surface area contributed by atoms with Gasteiger partial charge in [0.2, 0.25) is 0 Å². The molecule has 0 aliphatic carbocycles. The van der Waals surface area contributed by atoms with E-state index in [-0.39, 0.29) is 24.2 Å². The Hall–Kier alpha value is -2.89. The van der Waals surface area contributed by atoms with Crippen molar-refractivity contribution in [3.8, 4) is 5.75 Å². The summed E-state index contributed by atoms with van der Waals surface area (Å²) in [6.45, 7) is 1.90. The molecule has 3 rings (SSSR count). The molecule has 1 aliphatic heterocycles. The number of nitro groups is 1. The van der Waals surface area contributed by atoms with Crippen LogP contribution in [0, 0.1) is 10.1 Å². The van der Waals surface area contributed by atoms with Crippen molar-refractivity contribution in [2.45, 2.75) is 19.4 Å². The lowest BCUT2D eigenvalue weighted by Crippen LogP contribution is -2.39. The van der Waals surface area contributed by atoms with Gasteiger partial charge >= 0.3 is 0 Å². The average Bonchev–Trinajstić information content (AvgIpc) is 2.88. The topological polar surface area (TPSA) is 72.7 Å². The molecule has 6 nitrogen and oxygen atoms in total. The van der Waals surface area contributed by atoms with Crippen LogP contribution in [0.4, 0.5) is 11.4 Å². The summed E-state index contributed by atoms with van der Waals surface area (Å²) in [5, 5.41) is 10.6. The highest BCUT2D eigenvalue weighted by Gasteiger charge is 2.30. The molecule has 0 radical (unpaired) electrons. The zero-order valence-corrected chi connectivity index (χ0v) is 12.6. The van der Waals surface area contributed by atoms with Gasteiger partial charge in [0, 0.05) is 23.9 Å². The van der Waals surface area contributed by atoms with Gasteiger partial charge in [-0.1, -0.05) is 18.2 Å². The monoisotopic (exact) mass is 312 g/mol. The standard InChI is InChI=1S/C17H16N2O4/c1-12-10-13-4-2-3-5-16(13)18(12)17(20)11-23-15-8-6-14(7-9-15)19(21)22/h2-9,12H,10-11H2,1H3/t12-/m1/s1. The Kier molecular flexibility index (Phi) is 3.97. The molecule has 1 atom stereocenters. The number of carbonyl (C=O) groups is 1. The fraction of sp³-hybridized carbons (Fsp3) is 0.235. The van der Waals surface area contributed by atoms with Crippen LogP contribution in [0.3, 0.4) is 0 Å². The number of para-hydroxylation sites is 1. The van der Waals surface area contributed by atoms with Crippen LogP contribution in [-0.4, -0.2) is 23.5 Å². The lowest BCUT2D eigenvalue weighted by atomic mass is 10.1. The maximum Gasteiger partial charge on any atom is 0.269 e. The summed E-state index contributed by atoms with van der Waals surface area (Å²) in [6, 6.07) is 13.6. The van der Waals surface area contributed by atoms with E-state index in [1.54, 1.807) is 4.90 Å². The van der Waals surface area contributed by atoms with Crippen LogP contribution >= 0.6 is 0 Å². The molecule has 0 saturated heterocycles. The molecule has 6 heteroatoms. The van der Waals surface area contributed by atoms with E-state index in [4.69, 9.17) is 4.74 Å². The molecule has 0 aromatic heterocycles. The molecule has 0 spiro atoms. The Labute approximate surface area is 133 Å². The first-order valence-corrected chi connectivity index (χ1v) is 7.33. The van der Waals surface area contributed by atoms with E-state index in [1.807, 2.05) is 31.2 Å². The Morgan fingerprint density at radius 2 is 1.96 bits per heavy atom. The first-order valence-electron chi connectivity index (χ1n) is 7.33. The predicted octanol–water partition coefficient (Wildman–Crippen LogP) is 2.95. The van der Waals surface area contributed by atoms with Gasteiger partial charge in [0.1, 0.15) is 5.75 Å². The smallest absolute Gasteiger partial charge is 0.269 e. The fourth-order valence-corrected chi connectivity index (χ4v) is 2.82. The molecule has 1 aliphatic rings. The van der Waals surface area contributed by atoms with E-state index < -0.39 is 4.92 Å². The van der Waals surface area contributed by atoms with Gasteiger partial charge in [-0.05, 0) is 37.1 Å². The summed E-state index contributed by atoms with van der Waals surface area (Å²) in [5.41, 5.74) is 2.08. The molecule has 23 heavy (non-hydrogen) atoms. The molecular weight excluding hydrogens is 296 g/mol. The number of hydrogen-bond donors (Lipinski definition) is 0. The SMILES string of the molecule is C[C@@H]1Cc2ccccc2N1C(=O)COc1ccc([N+](=O)[O-])cc1. The second-order valence-corrected chi connectivity index (χ2v) is 5.49. The maximum atomic E-state index is 12.5. The number of amides is 1. The number of fused-ring (bicyclic) bond motifs is 1. The van der Waals surface area contributed by atoms with Gasteiger partial charge < -0.3 is 9.64 Å². The molecule has 0 saturated carbocycles. The molecule has 0 fully saturated rings. The molecule has 0 N–H and O–H groups in total. The van der Waals surface area contributed by atoms with Crippen molar-refractivity contribution >= 4 is 17.3 Å². The van der Waals surface area contributed by atoms with Gasteiger partial charge in [-0.25, -0.2) is 0 Å². The average molecular weight is 312 g/mol. The third-order valence-corrected chi connectivity index (χ3v) is 3.89. The number of ether oxygens (including phenoxy) is 1. The quantitative estimate of drug-likeness (QED) is 0.642. The maximum absolute atomic E-state index is 12.5.